The average molecular weight is 376 g/mol. The molecule has 2 aromatic rings. The number of amides is 2. The maximum absolute atomic E-state index is 12.8. The fourth-order valence-electron chi connectivity index (χ4n) is 2.56. The Kier molecular flexibility index (Phi) is 4.85. The summed E-state index contributed by atoms with van der Waals surface area (Å²) in [6.45, 7) is 3.36. The van der Waals surface area contributed by atoms with E-state index >= 15 is 0 Å². The monoisotopic (exact) mass is 376 g/mol. The fraction of sp³-hybridized carbons (Fsp3) is 0.312. The number of ether oxygens (including phenoxy) is 1. The largest absolute Gasteiger partial charge is 0.478 e. The lowest BCUT2D eigenvalue weighted by Crippen LogP contribution is -2.50. The zero-order chi connectivity index (χ0) is 18.8. The minimum atomic E-state index is -0.767. The minimum absolute atomic E-state index is 0.129. The second kappa shape index (κ2) is 7.08. The van der Waals surface area contributed by atoms with E-state index in [9.17, 15) is 19.7 Å². The van der Waals surface area contributed by atoms with Gasteiger partial charge in [-0.15, -0.1) is 11.3 Å². The molecule has 0 spiro atoms. The molecule has 0 saturated heterocycles. The van der Waals surface area contributed by atoms with Gasteiger partial charge in [0.05, 0.1) is 10.6 Å². The van der Waals surface area contributed by atoms with Gasteiger partial charge in [-0.25, -0.2) is 4.98 Å². The van der Waals surface area contributed by atoms with Gasteiger partial charge in [0, 0.05) is 23.7 Å². The smallest absolute Gasteiger partial charge is 0.271 e. The first-order valence-corrected chi connectivity index (χ1v) is 8.70. The Balaban J connectivity index is 1.92. The molecule has 2 heterocycles. The second-order valence-corrected chi connectivity index (χ2v) is 6.90. The van der Waals surface area contributed by atoms with Crippen LogP contribution in [0.15, 0.2) is 29.8 Å². The van der Waals surface area contributed by atoms with Crippen molar-refractivity contribution in [1.82, 2.24) is 4.98 Å². The van der Waals surface area contributed by atoms with E-state index in [4.69, 9.17) is 4.74 Å². The number of hydrogen-bond donors (Lipinski definition) is 1. The molecule has 1 aromatic carbocycles. The van der Waals surface area contributed by atoms with Crippen LogP contribution < -0.4 is 15.0 Å². The van der Waals surface area contributed by atoms with E-state index in [1.165, 1.54) is 34.4 Å². The quantitative estimate of drug-likeness (QED) is 0.633. The van der Waals surface area contributed by atoms with Gasteiger partial charge in [-0.2, -0.15) is 0 Å². The molecule has 1 aliphatic rings. The van der Waals surface area contributed by atoms with Crippen LogP contribution in [0.25, 0.3) is 0 Å². The Hall–Kier alpha value is -3.01. The van der Waals surface area contributed by atoms with E-state index in [1.54, 1.807) is 11.6 Å². The highest BCUT2D eigenvalue weighted by atomic mass is 32.1. The third-order valence-corrected chi connectivity index (χ3v) is 4.48. The van der Waals surface area contributed by atoms with Crippen LogP contribution >= 0.6 is 11.3 Å². The lowest BCUT2D eigenvalue weighted by Gasteiger charge is -2.35. The van der Waals surface area contributed by atoms with Gasteiger partial charge in [0.2, 0.25) is 5.91 Å². The third-order valence-electron chi connectivity index (χ3n) is 3.79. The molecule has 136 valence electrons. The van der Waals surface area contributed by atoms with Crippen molar-refractivity contribution in [3.63, 3.8) is 0 Å². The molecule has 3 rings (SSSR count). The van der Waals surface area contributed by atoms with Crippen LogP contribution in [0.5, 0.6) is 5.75 Å². The van der Waals surface area contributed by atoms with Crippen LogP contribution in [-0.2, 0) is 9.59 Å². The predicted octanol–water partition coefficient (Wildman–Crippen LogP) is 2.44. The van der Waals surface area contributed by atoms with Crippen LogP contribution in [0, 0.1) is 16.0 Å². The average Bonchev–Trinajstić information content (AvgIpc) is 3.09. The van der Waals surface area contributed by atoms with Gasteiger partial charge in [-0.1, -0.05) is 13.8 Å². The molecule has 1 unspecified atom stereocenters. The standard InChI is InChI=1S/C16H16N4O5S/c1-9(2)14-15(22)19(8-13(21)18-16-17-5-6-26-16)11-7-10(20(23)24)3-4-12(11)25-14/h3-7,9,14H,8H2,1-2H3,(H,17,18,21). The molecule has 26 heavy (non-hydrogen) atoms. The number of carbonyl (C=O) groups excluding carboxylic acids is 2. The first kappa shape index (κ1) is 17.8. The van der Waals surface area contributed by atoms with E-state index < -0.39 is 22.8 Å². The number of nitrogens with zero attached hydrogens (tertiary/aromatic N) is 3. The van der Waals surface area contributed by atoms with Gasteiger partial charge >= 0.3 is 0 Å². The number of rotatable bonds is 5. The van der Waals surface area contributed by atoms with Crippen LogP contribution in [0.3, 0.4) is 0 Å². The highest BCUT2D eigenvalue weighted by Gasteiger charge is 2.38. The van der Waals surface area contributed by atoms with Gasteiger partial charge in [-0.3, -0.25) is 24.6 Å². The summed E-state index contributed by atoms with van der Waals surface area (Å²) in [5.41, 5.74) is 0.0175. The topological polar surface area (TPSA) is 115 Å². The maximum atomic E-state index is 12.8. The number of nitro benzene ring substituents is 1. The molecule has 10 heteroatoms. The fourth-order valence-corrected chi connectivity index (χ4v) is 3.11. The van der Waals surface area contributed by atoms with Crippen molar-refractivity contribution in [1.29, 1.82) is 0 Å². The summed E-state index contributed by atoms with van der Waals surface area (Å²) >= 11 is 1.25. The van der Waals surface area contributed by atoms with Crippen molar-refractivity contribution in [2.75, 3.05) is 16.8 Å². The maximum Gasteiger partial charge on any atom is 0.271 e. The van der Waals surface area contributed by atoms with Crippen molar-refractivity contribution in [2.24, 2.45) is 5.92 Å². The second-order valence-electron chi connectivity index (χ2n) is 6.00. The number of carbonyl (C=O) groups is 2. The molecule has 9 nitrogen and oxygen atoms in total. The first-order chi connectivity index (χ1) is 12.4. The molecule has 0 fully saturated rings. The normalized spacial score (nSPS) is 16.2. The third kappa shape index (κ3) is 3.49. The predicted molar refractivity (Wildman–Crippen MR) is 95.4 cm³/mol. The number of aromatic nitrogens is 1. The number of hydrogen-bond acceptors (Lipinski definition) is 7. The zero-order valence-corrected chi connectivity index (χ0v) is 14.9. The summed E-state index contributed by atoms with van der Waals surface area (Å²) in [4.78, 5) is 40.8. The number of anilines is 2. The molecule has 1 aliphatic heterocycles. The van der Waals surface area contributed by atoms with Crippen molar-refractivity contribution in [3.8, 4) is 5.75 Å². The zero-order valence-electron chi connectivity index (χ0n) is 14.0. The molecule has 1 N–H and O–H groups in total. The number of nitro groups is 1. The Bertz CT molecular complexity index is 852. The lowest BCUT2D eigenvalue weighted by molar-refractivity contribution is -0.384. The van der Waals surface area contributed by atoms with E-state index in [2.05, 4.69) is 10.3 Å². The van der Waals surface area contributed by atoms with Crippen molar-refractivity contribution >= 4 is 39.7 Å². The van der Waals surface area contributed by atoms with Crippen molar-refractivity contribution < 1.29 is 19.2 Å². The molecule has 0 radical (unpaired) electrons. The van der Waals surface area contributed by atoms with Crippen LogP contribution in [0.2, 0.25) is 0 Å². The number of non-ortho nitro benzene ring substituents is 1. The highest BCUT2D eigenvalue weighted by molar-refractivity contribution is 7.13. The molecule has 0 aliphatic carbocycles. The Morgan fingerprint density at radius 1 is 1.50 bits per heavy atom. The SMILES string of the molecule is CC(C)C1Oc2ccc([N+](=O)[O-])cc2N(CC(=O)Nc2nccs2)C1=O. The summed E-state index contributed by atoms with van der Waals surface area (Å²) in [6, 6.07) is 3.99. The summed E-state index contributed by atoms with van der Waals surface area (Å²) in [5, 5.41) is 15.8. The summed E-state index contributed by atoms with van der Waals surface area (Å²) in [5.74, 6) is -0.663. The summed E-state index contributed by atoms with van der Waals surface area (Å²) in [6.07, 6.45) is 0.782. The lowest BCUT2D eigenvalue weighted by atomic mass is 10.0. The molecular weight excluding hydrogens is 360 g/mol. The summed E-state index contributed by atoms with van der Waals surface area (Å²) in [7, 11) is 0. The highest BCUT2D eigenvalue weighted by Crippen LogP contribution is 2.38. The Morgan fingerprint density at radius 3 is 2.88 bits per heavy atom. The molecule has 0 saturated carbocycles. The molecule has 2 amide bonds. The number of benzene rings is 1. The van der Waals surface area contributed by atoms with E-state index in [0.717, 1.165) is 0 Å². The van der Waals surface area contributed by atoms with Crippen molar-refractivity contribution in [3.05, 3.63) is 39.9 Å². The van der Waals surface area contributed by atoms with Gasteiger partial charge in [-0.05, 0) is 12.0 Å². The molecule has 1 aromatic heterocycles. The first-order valence-electron chi connectivity index (χ1n) is 7.82. The molecule has 0 bridgehead atoms. The van der Waals surface area contributed by atoms with Gasteiger partial charge in [0.15, 0.2) is 11.2 Å². The van der Waals surface area contributed by atoms with Gasteiger partial charge in [0.25, 0.3) is 11.6 Å². The molecular formula is C16H16N4O5S. The van der Waals surface area contributed by atoms with Gasteiger partial charge < -0.3 is 10.1 Å². The Labute approximate surface area is 152 Å². The van der Waals surface area contributed by atoms with E-state index in [1.807, 2.05) is 13.8 Å². The van der Waals surface area contributed by atoms with Crippen LogP contribution in [-0.4, -0.2) is 34.4 Å². The Morgan fingerprint density at radius 2 is 2.27 bits per heavy atom. The van der Waals surface area contributed by atoms with E-state index in [0.29, 0.717) is 10.9 Å². The molecule has 1 atom stereocenters. The van der Waals surface area contributed by atoms with Crippen LogP contribution in [0.1, 0.15) is 13.8 Å². The minimum Gasteiger partial charge on any atom is -0.478 e. The number of nitrogens with one attached hydrogen (secondary N) is 1. The van der Waals surface area contributed by atoms with Gasteiger partial charge in [0.1, 0.15) is 12.3 Å². The van der Waals surface area contributed by atoms with E-state index in [-0.39, 0.29) is 23.8 Å². The van der Waals surface area contributed by atoms with Crippen molar-refractivity contribution in [2.45, 2.75) is 20.0 Å². The number of fused-ring (bicyclic) bond motifs is 1. The summed E-state index contributed by atoms with van der Waals surface area (Å²) < 4.78 is 5.70. The number of thiazole rings is 1. The van der Waals surface area contributed by atoms with Crippen LogP contribution in [0.4, 0.5) is 16.5 Å².